The molecule has 0 saturated heterocycles. The van der Waals surface area contributed by atoms with Gasteiger partial charge in [0.2, 0.25) is 11.9 Å². The highest BCUT2D eigenvalue weighted by Gasteiger charge is 2.11. The maximum Gasteiger partial charge on any atom is 0.240 e. The number of benzene rings is 1. The van der Waals surface area contributed by atoms with E-state index in [0.29, 0.717) is 17.5 Å². The molecule has 8 heteroatoms. The Morgan fingerprint density at radius 2 is 1.95 bits per heavy atom. The molecule has 0 unspecified atom stereocenters. The van der Waals surface area contributed by atoms with Gasteiger partial charge in [-0.05, 0) is 18.2 Å². The first-order valence-electron chi connectivity index (χ1n) is 6.05. The summed E-state index contributed by atoms with van der Waals surface area (Å²) in [4.78, 5) is 16.5. The van der Waals surface area contributed by atoms with Gasteiger partial charge < -0.3 is 5.32 Å². The molecular weight excluding hydrogens is 278 g/mol. The highest BCUT2D eigenvalue weighted by atomic mass is 19.2. The summed E-state index contributed by atoms with van der Waals surface area (Å²) < 4.78 is 27.9. The Balaban J connectivity index is 2.13. The minimum Gasteiger partial charge on any atom is -0.357 e. The SMILES string of the molecule is CNc1nc(-c2ccc(F)c(F)c2)nc(-n2ccnc2)n1. The van der Waals surface area contributed by atoms with Crippen molar-refractivity contribution in [1.82, 2.24) is 24.5 Å². The van der Waals surface area contributed by atoms with Crippen molar-refractivity contribution in [1.29, 1.82) is 0 Å². The van der Waals surface area contributed by atoms with Gasteiger partial charge in [-0.1, -0.05) is 0 Å². The lowest BCUT2D eigenvalue weighted by atomic mass is 10.2. The van der Waals surface area contributed by atoms with Crippen LogP contribution >= 0.6 is 0 Å². The van der Waals surface area contributed by atoms with Gasteiger partial charge in [0, 0.05) is 25.0 Å². The van der Waals surface area contributed by atoms with E-state index in [4.69, 9.17) is 0 Å². The second kappa shape index (κ2) is 5.23. The molecule has 0 fully saturated rings. The fourth-order valence-electron chi connectivity index (χ4n) is 1.73. The summed E-state index contributed by atoms with van der Waals surface area (Å²) in [5, 5.41) is 2.80. The summed E-state index contributed by atoms with van der Waals surface area (Å²) >= 11 is 0. The molecule has 1 N–H and O–H groups in total. The van der Waals surface area contributed by atoms with Crippen molar-refractivity contribution in [2.45, 2.75) is 0 Å². The van der Waals surface area contributed by atoms with Crippen LogP contribution in [0.5, 0.6) is 0 Å². The molecule has 0 bridgehead atoms. The lowest BCUT2D eigenvalue weighted by molar-refractivity contribution is 0.509. The van der Waals surface area contributed by atoms with Crippen LogP contribution in [-0.4, -0.2) is 31.6 Å². The minimum absolute atomic E-state index is 0.233. The van der Waals surface area contributed by atoms with Gasteiger partial charge in [0.05, 0.1) is 0 Å². The van der Waals surface area contributed by atoms with E-state index in [9.17, 15) is 8.78 Å². The first kappa shape index (κ1) is 13.1. The number of aromatic nitrogens is 5. The van der Waals surface area contributed by atoms with Gasteiger partial charge in [-0.2, -0.15) is 15.0 Å². The van der Waals surface area contributed by atoms with Crippen LogP contribution in [0.4, 0.5) is 14.7 Å². The van der Waals surface area contributed by atoms with Crippen LogP contribution in [0.1, 0.15) is 0 Å². The molecule has 106 valence electrons. The monoisotopic (exact) mass is 288 g/mol. The predicted octanol–water partition coefficient (Wildman–Crippen LogP) is 2.04. The molecule has 0 spiro atoms. The highest BCUT2D eigenvalue weighted by molar-refractivity contribution is 5.57. The first-order valence-corrected chi connectivity index (χ1v) is 6.05. The van der Waals surface area contributed by atoms with Gasteiger partial charge in [-0.15, -0.1) is 0 Å². The van der Waals surface area contributed by atoms with Crippen LogP contribution in [0.3, 0.4) is 0 Å². The summed E-state index contributed by atoms with van der Waals surface area (Å²) in [6, 6.07) is 3.48. The zero-order chi connectivity index (χ0) is 14.8. The van der Waals surface area contributed by atoms with Gasteiger partial charge in [0.1, 0.15) is 6.33 Å². The molecule has 0 aliphatic heterocycles. The molecule has 21 heavy (non-hydrogen) atoms. The third kappa shape index (κ3) is 2.55. The van der Waals surface area contributed by atoms with Crippen LogP contribution < -0.4 is 5.32 Å². The second-order valence-electron chi connectivity index (χ2n) is 4.13. The van der Waals surface area contributed by atoms with Crippen LogP contribution in [-0.2, 0) is 0 Å². The van der Waals surface area contributed by atoms with Gasteiger partial charge in [-0.25, -0.2) is 13.8 Å². The summed E-state index contributed by atoms with van der Waals surface area (Å²) in [5.74, 6) is -1.00. The molecule has 3 aromatic rings. The minimum atomic E-state index is -0.955. The molecule has 0 aliphatic rings. The topological polar surface area (TPSA) is 68.5 Å². The molecule has 1 aromatic carbocycles. The molecule has 3 rings (SSSR count). The Bertz CT molecular complexity index is 772. The average Bonchev–Trinajstić information content (AvgIpc) is 3.04. The van der Waals surface area contributed by atoms with Gasteiger partial charge in [-0.3, -0.25) is 4.57 Å². The Kier molecular flexibility index (Phi) is 3.27. The maximum absolute atomic E-state index is 13.3. The second-order valence-corrected chi connectivity index (χ2v) is 4.13. The van der Waals surface area contributed by atoms with E-state index in [2.05, 4.69) is 25.3 Å². The molecule has 0 amide bonds. The molecule has 0 radical (unpaired) electrons. The normalized spacial score (nSPS) is 10.6. The average molecular weight is 288 g/mol. The van der Waals surface area contributed by atoms with Crippen LogP contribution in [0.15, 0.2) is 36.9 Å². The number of imidazole rings is 1. The third-order valence-corrected chi connectivity index (χ3v) is 2.76. The Labute approximate surface area is 118 Å². The van der Waals surface area contributed by atoms with Crippen molar-refractivity contribution in [2.24, 2.45) is 0 Å². The standard InChI is InChI=1S/C13H10F2N6/c1-16-12-18-11(8-2-3-9(14)10(15)6-8)19-13(20-12)21-5-4-17-7-21/h2-7H,1H3,(H,16,18,19,20). The van der Waals surface area contributed by atoms with E-state index in [1.165, 1.54) is 12.4 Å². The fraction of sp³-hybridized carbons (Fsp3) is 0.0769. The number of nitrogens with one attached hydrogen (secondary N) is 1. The zero-order valence-corrected chi connectivity index (χ0v) is 11.0. The molecular formula is C13H10F2N6. The molecule has 2 aromatic heterocycles. The number of anilines is 1. The summed E-state index contributed by atoms with van der Waals surface area (Å²) in [5.41, 5.74) is 0.356. The number of rotatable bonds is 3. The van der Waals surface area contributed by atoms with E-state index < -0.39 is 11.6 Å². The molecule has 6 nitrogen and oxygen atoms in total. The highest BCUT2D eigenvalue weighted by Crippen LogP contribution is 2.20. The van der Waals surface area contributed by atoms with E-state index in [-0.39, 0.29) is 5.82 Å². The van der Waals surface area contributed by atoms with E-state index in [1.54, 1.807) is 24.0 Å². The lowest BCUT2D eigenvalue weighted by Crippen LogP contribution is -2.07. The zero-order valence-electron chi connectivity index (χ0n) is 11.0. The van der Waals surface area contributed by atoms with E-state index in [0.717, 1.165) is 12.1 Å². The number of hydrogen-bond acceptors (Lipinski definition) is 5. The molecule has 0 aliphatic carbocycles. The van der Waals surface area contributed by atoms with Crippen LogP contribution in [0.25, 0.3) is 17.3 Å². The van der Waals surface area contributed by atoms with E-state index >= 15 is 0 Å². The summed E-state index contributed by atoms with van der Waals surface area (Å²) in [6.45, 7) is 0. The van der Waals surface area contributed by atoms with Crippen LogP contribution in [0, 0.1) is 11.6 Å². The van der Waals surface area contributed by atoms with Crippen molar-refractivity contribution < 1.29 is 8.78 Å². The Morgan fingerprint density at radius 3 is 2.62 bits per heavy atom. The third-order valence-electron chi connectivity index (χ3n) is 2.76. The smallest absolute Gasteiger partial charge is 0.240 e. The van der Waals surface area contributed by atoms with Crippen molar-refractivity contribution >= 4 is 5.95 Å². The number of nitrogens with zero attached hydrogens (tertiary/aromatic N) is 5. The first-order chi connectivity index (χ1) is 10.2. The largest absolute Gasteiger partial charge is 0.357 e. The predicted molar refractivity (Wildman–Crippen MR) is 71.8 cm³/mol. The number of hydrogen-bond donors (Lipinski definition) is 1. The van der Waals surface area contributed by atoms with Crippen molar-refractivity contribution in [2.75, 3.05) is 12.4 Å². The van der Waals surface area contributed by atoms with Crippen molar-refractivity contribution in [3.63, 3.8) is 0 Å². The van der Waals surface area contributed by atoms with Gasteiger partial charge in [0.15, 0.2) is 17.5 Å². The summed E-state index contributed by atoms with van der Waals surface area (Å²) in [6.07, 6.45) is 4.79. The quantitative estimate of drug-likeness (QED) is 0.798. The van der Waals surface area contributed by atoms with Gasteiger partial charge in [0.25, 0.3) is 0 Å². The van der Waals surface area contributed by atoms with E-state index in [1.807, 2.05) is 0 Å². The summed E-state index contributed by atoms with van der Waals surface area (Å²) in [7, 11) is 1.65. The van der Waals surface area contributed by atoms with Crippen LogP contribution in [0.2, 0.25) is 0 Å². The Morgan fingerprint density at radius 1 is 1.10 bits per heavy atom. The lowest BCUT2D eigenvalue weighted by Gasteiger charge is -2.07. The van der Waals surface area contributed by atoms with Crippen molar-refractivity contribution in [3.05, 3.63) is 48.6 Å². The molecule has 0 atom stereocenters. The Hall–Kier alpha value is -2.90. The van der Waals surface area contributed by atoms with Crippen molar-refractivity contribution in [3.8, 4) is 17.3 Å². The maximum atomic E-state index is 13.3. The molecule has 2 heterocycles. The fourth-order valence-corrected chi connectivity index (χ4v) is 1.73. The van der Waals surface area contributed by atoms with Gasteiger partial charge >= 0.3 is 0 Å². The number of halogens is 2. The molecule has 0 saturated carbocycles.